The molecule has 7 nitrogen and oxygen atoms in total. The summed E-state index contributed by atoms with van der Waals surface area (Å²) in [6.07, 6.45) is -0.0657. The fraction of sp³-hybridized carbons (Fsp3) is 0.500. The Balaban J connectivity index is 2.13. The van der Waals surface area contributed by atoms with Gasteiger partial charge in [0.1, 0.15) is 11.4 Å². The molecule has 2 atom stereocenters. The van der Waals surface area contributed by atoms with E-state index >= 15 is 0 Å². The molecule has 1 aromatic carbocycles. The molecule has 0 aromatic heterocycles. The number of benzene rings is 1. The zero-order valence-electron chi connectivity index (χ0n) is 11.0. The molecule has 0 saturated carbocycles. The zero-order valence-corrected chi connectivity index (χ0v) is 11.9. The number of anilines is 1. The summed E-state index contributed by atoms with van der Waals surface area (Å²) in [7, 11) is -3.81. The summed E-state index contributed by atoms with van der Waals surface area (Å²) in [5.41, 5.74) is 4.24. The summed E-state index contributed by atoms with van der Waals surface area (Å²) in [6, 6.07) is 3.61. The first-order valence-electron chi connectivity index (χ1n) is 6.17. The van der Waals surface area contributed by atoms with E-state index < -0.39 is 21.7 Å². The van der Waals surface area contributed by atoms with E-state index in [-0.39, 0.29) is 22.9 Å². The topological polar surface area (TPSA) is 122 Å². The van der Waals surface area contributed by atoms with Gasteiger partial charge in [-0.3, -0.25) is 0 Å². The highest BCUT2D eigenvalue weighted by molar-refractivity contribution is 7.89. The van der Waals surface area contributed by atoms with Gasteiger partial charge >= 0.3 is 0 Å². The summed E-state index contributed by atoms with van der Waals surface area (Å²) >= 11 is 0. The number of nitrogens with one attached hydrogen (secondary N) is 1. The molecule has 2 unspecified atom stereocenters. The molecule has 1 aliphatic heterocycles. The number of nitrogen functional groups attached to an aromatic ring is 1. The van der Waals surface area contributed by atoms with E-state index in [9.17, 15) is 18.6 Å². The SMILES string of the molecule is CC1OCCC1(O)CNS(=O)(=O)c1ccc(O)c(N)c1. The third kappa shape index (κ3) is 2.88. The molecule has 1 fully saturated rings. The lowest BCUT2D eigenvalue weighted by molar-refractivity contribution is -0.0228. The van der Waals surface area contributed by atoms with E-state index in [4.69, 9.17) is 10.5 Å². The number of aliphatic hydroxyl groups is 1. The van der Waals surface area contributed by atoms with E-state index in [0.29, 0.717) is 13.0 Å². The predicted octanol–water partition coefficient (Wildman–Crippen LogP) is -0.207. The predicted molar refractivity (Wildman–Crippen MR) is 72.7 cm³/mol. The van der Waals surface area contributed by atoms with Gasteiger partial charge in [0.05, 0.1) is 16.7 Å². The molecule has 0 radical (unpaired) electrons. The largest absolute Gasteiger partial charge is 0.506 e. The summed E-state index contributed by atoms with van der Waals surface area (Å²) in [4.78, 5) is -0.0667. The summed E-state index contributed by atoms with van der Waals surface area (Å²) in [5, 5.41) is 19.5. The van der Waals surface area contributed by atoms with E-state index in [1.54, 1.807) is 6.92 Å². The second-order valence-corrected chi connectivity index (χ2v) is 6.68. The van der Waals surface area contributed by atoms with Crippen LogP contribution in [0, 0.1) is 0 Å². The molecule has 2 rings (SSSR count). The van der Waals surface area contributed by atoms with Gasteiger partial charge < -0.3 is 20.7 Å². The van der Waals surface area contributed by atoms with Crippen LogP contribution in [0.1, 0.15) is 13.3 Å². The third-order valence-electron chi connectivity index (χ3n) is 3.54. The first-order valence-corrected chi connectivity index (χ1v) is 7.65. The molecule has 0 spiro atoms. The fourth-order valence-electron chi connectivity index (χ4n) is 2.01. The fourth-order valence-corrected chi connectivity index (χ4v) is 3.14. The van der Waals surface area contributed by atoms with Crippen LogP contribution < -0.4 is 10.5 Å². The Kier molecular flexibility index (Phi) is 3.92. The molecular weight excluding hydrogens is 284 g/mol. The number of phenolic OH excluding ortho intramolecular Hbond substituents is 1. The Bertz CT molecular complexity index is 604. The number of sulfonamides is 1. The van der Waals surface area contributed by atoms with Gasteiger partial charge in [-0.25, -0.2) is 13.1 Å². The maximum Gasteiger partial charge on any atom is 0.240 e. The maximum absolute atomic E-state index is 12.1. The number of phenols is 1. The van der Waals surface area contributed by atoms with E-state index in [1.165, 1.54) is 12.1 Å². The molecule has 0 amide bonds. The molecule has 1 aliphatic rings. The minimum atomic E-state index is -3.81. The normalized spacial score (nSPS) is 26.8. The second-order valence-electron chi connectivity index (χ2n) is 4.91. The molecular formula is C12H18N2O5S. The monoisotopic (exact) mass is 302 g/mol. The Morgan fingerprint density at radius 1 is 1.55 bits per heavy atom. The number of nitrogens with two attached hydrogens (primary N) is 1. The van der Waals surface area contributed by atoms with E-state index in [0.717, 1.165) is 6.07 Å². The molecule has 112 valence electrons. The van der Waals surface area contributed by atoms with Crippen LogP contribution in [-0.4, -0.2) is 43.5 Å². The van der Waals surface area contributed by atoms with Crippen molar-refractivity contribution in [1.29, 1.82) is 0 Å². The van der Waals surface area contributed by atoms with Gasteiger partial charge in [-0.15, -0.1) is 0 Å². The highest BCUT2D eigenvalue weighted by Gasteiger charge is 2.40. The van der Waals surface area contributed by atoms with Crippen LogP contribution in [0.3, 0.4) is 0 Å². The lowest BCUT2D eigenvalue weighted by Gasteiger charge is -2.26. The smallest absolute Gasteiger partial charge is 0.240 e. The highest BCUT2D eigenvalue weighted by atomic mass is 32.2. The second kappa shape index (κ2) is 5.21. The van der Waals surface area contributed by atoms with Crippen molar-refractivity contribution in [3.63, 3.8) is 0 Å². The lowest BCUT2D eigenvalue weighted by Crippen LogP contribution is -2.47. The Labute approximate surface area is 117 Å². The third-order valence-corrected chi connectivity index (χ3v) is 4.94. The van der Waals surface area contributed by atoms with Crippen molar-refractivity contribution in [2.75, 3.05) is 18.9 Å². The first-order chi connectivity index (χ1) is 9.24. The van der Waals surface area contributed by atoms with Gasteiger partial charge in [0.15, 0.2) is 0 Å². The van der Waals surface area contributed by atoms with Gasteiger partial charge in [0.25, 0.3) is 0 Å². The average Bonchev–Trinajstić information content (AvgIpc) is 2.71. The van der Waals surface area contributed by atoms with Gasteiger partial charge in [0.2, 0.25) is 10.0 Å². The minimum absolute atomic E-state index is 0.0239. The van der Waals surface area contributed by atoms with Crippen molar-refractivity contribution in [3.05, 3.63) is 18.2 Å². The van der Waals surface area contributed by atoms with Crippen LogP contribution >= 0.6 is 0 Å². The number of hydrogen-bond donors (Lipinski definition) is 4. The minimum Gasteiger partial charge on any atom is -0.506 e. The number of ether oxygens (including phenoxy) is 1. The van der Waals surface area contributed by atoms with Crippen molar-refractivity contribution in [3.8, 4) is 5.75 Å². The summed E-state index contributed by atoms with van der Waals surface area (Å²) < 4.78 is 31.8. The van der Waals surface area contributed by atoms with Crippen LogP contribution in [-0.2, 0) is 14.8 Å². The van der Waals surface area contributed by atoms with Crippen LogP contribution in [0.25, 0.3) is 0 Å². The van der Waals surface area contributed by atoms with Crippen molar-refractivity contribution < 1.29 is 23.4 Å². The Hall–Kier alpha value is -1.35. The molecule has 5 N–H and O–H groups in total. The molecule has 0 bridgehead atoms. The molecule has 1 saturated heterocycles. The molecule has 1 heterocycles. The van der Waals surface area contributed by atoms with Gasteiger partial charge in [-0.2, -0.15) is 0 Å². The van der Waals surface area contributed by atoms with Crippen molar-refractivity contribution in [1.82, 2.24) is 4.72 Å². The van der Waals surface area contributed by atoms with Crippen LogP contribution in [0.2, 0.25) is 0 Å². The van der Waals surface area contributed by atoms with Gasteiger partial charge in [-0.05, 0) is 25.1 Å². The average molecular weight is 302 g/mol. The molecule has 20 heavy (non-hydrogen) atoms. The zero-order chi connectivity index (χ0) is 15.0. The molecule has 8 heteroatoms. The summed E-state index contributed by atoms with van der Waals surface area (Å²) in [5.74, 6) is -0.180. The Morgan fingerprint density at radius 3 is 2.80 bits per heavy atom. The first kappa shape index (κ1) is 15.0. The van der Waals surface area contributed by atoms with Crippen LogP contribution in [0.4, 0.5) is 5.69 Å². The van der Waals surface area contributed by atoms with Crippen LogP contribution in [0.5, 0.6) is 5.75 Å². The van der Waals surface area contributed by atoms with Crippen molar-refractivity contribution >= 4 is 15.7 Å². The quantitative estimate of drug-likeness (QED) is 0.451. The van der Waals surface area contributed by atoms with Gasteiger partial charge in [-0.1, -0.05) is 0 Å². The van der Waals surface area contributed by atoms with Crippen molar-refractivity contribution in [2.24, 2.45) is 0 Å². The molecule has 0 aliphatic carbocycles. The lowest BCUT2D eigenvalue weighted by atomic mass is 9.97. The maximum atomic E-state index is 12.1. The number of rotatable bonds is 4. The standard InChI is InChI=1S/C12H18N2O5S/c1-8-12(16,4-5-19-8)7-14-20(17,18)9-2-3-11(15)10(13)6-9/h2-3,6,8,14-16H,4-5,7,13H2,1H3. The van der Waals surface area contributed by atoms with Crippen molar-refractivity contribution in [2.45, 2.75) is 29.9 Å². The summed E-state index contributed by atoms with van der Waals surface area (Å²) in [6.45, 7) is 1.95. The number of hydrogen-bond acceptors (Lipinski definition) is 6. The number of aromatic hydroxyl groups is 1. The van der Waals surface area contributed by atoms with Gasteiger partial charge in [0, 0.05) is 19.6 Å². The van der Waals surface area contributed by atoms with Crippen LogP contribution in [0.15, 0.2) is 23.1 Å². The van der Waals surface area contributed by atoms with E-state index in [1.807, 2.05) is 0 Å². The Morgan fingerprint density at radius 2 is 2.25 bits per heavy atom. The highest BCUT2D eigenvalue weighted by Crippen LogP contribution is 2.26. The molecule has 1 aromatic rings. The van der Waals surface area contributed by atoms with E-state index in [2.05, 4.69) is 4.72 Å².